The number of carboxylic acids is 1. The van der Waals surface area contributed by atoms with Crippen molar-refractivity contribution in [2.24, 2.45) is 0 Å². The second-order valence-corrected chi connectivity index (χ2v) is 5.97. The summed E-state index contributed by atoms with van der Waals surface area (Å²) in [6.45, 7) is 1.78. The Morgan fingerprint density at radius 2 is 2.04 bits per heavy atom. The lowest BCUT2D eigenvalue weighted by Crippen LogP contribution is -2.23. The van der Waals surface area contributed by atoms with Gasteiger partial charge < -0.3 is 14.8 Å². The average Bonchev–Trinajstić information content (AvgIpc) is 3.24. The molecule has 0 fully saturated rings. The number of amides is 1. The molecule has 2 aromatic heterocycles. The van der Waals surface area contributed by atoms with Gasteiger partial charge in [0.15, 0.2) is 11.7 Å². The number of nitrogens with zero attached hydrogens (tertiary/aromatic N) is 4. The van der Waals surface area contributed by atoms with E-state index in [4.69, 9.17) is 9.52 Å². The first-order chi connectivity index (χ1) is 13.0. The highest BCUT2D eigenvalue weighted by molar-refractivity contribution is 5.76. The third-order valence-electron chi connectivity index (χ3n) is 3.79. The second-order valence-electron chi connectivity index (χ2n) is 5.97. The molecule has 0 atom stereocenters. The van der Waals surface area contributed by atoms with Crippen LogP contribution in [0.2, 0.25) is 0 Å². The molecule has 140 valence electrons. The minimum atomic E-state index is -1.01. The number of carbonyl (C=O) groups excluding carboxylic acids is 1. The number of carbonyl (C=O) groups is 2. The van der Waals surface area contributed by atoms with Crippen molar-refractivity contribution in [2.45, 2.75) is 32.9 Å². The van der Waals surface area contributed by atoms with Gasteiger partial charge in [-0.15, -0.1) is 5.10 Å². The largest absolute Gasteiger partial charge is 0.480 e. The zero-order valence-corrected chi connectivity index (χ0v) is 14.8. The molecule has 1 aromatic carbocycles. The van der Waals surface area contributed by atoms with Crippen LogP contribution in [0.5, 0.6) is 0 Å². The maximum atomic E-state index is 12.0. The minimum Gasteiger partial charge on any atom is -0.480 e. The maximum Gasteiger partial charge on any atom is 0.325 e. The van der Waals surface area contributed by atoms with E-state index in [-0.39, 0.29) is 25.4 Å². The number of carboxylic acid groups (broad SMARTS) is 1. The van der Waals surface area contributed by atoms with E-state index in [0.29, 0.717) is 23.8 Å². The predicted octanol–water partition coefficient (Wildman–Crippen LogP) is 1.58. The van der Waals surface area contributed by atoms with Crippen LogP contribution in [0.4, 0.5) is 0 Å². The van der Waals surface area contributed by atoms with Crippen LogP contribution in [0, 0.1) is 6.92 Å². The van der Waals surface area contributed by atoms with Crippen molar-refractivity contribution in [1.82, 2.24) is 25.3 Å². The Bertz CT molecular complexity index is 932. The van der Waals surface area contributed by atoms with Gasteiger partial charge in [0.2, 0.25) is 5.91 Å². The Balaban J connectivity index is 1.49. The van der Waals surface area contributed by atoms with Crippen molar-refractivity contribution in [1.29, 1.82) is 0 Å². The van der Waals surface area contributed by atoms with Crippen LogP contribution < -0.4 is 5.32 Å². The first-order valence-electron chi connectivity index (χ1n) is 8.40. The summed E-state index contributed by atoms with van der Waals surface area (Å²) in [7, 11) is 0. The molecule has 0 aliphatic carbocycles. The molecule has 27 heavy (non-hydrogen) atoms. The van der Waals surface area contributed by atoms with Crippen molar-refractivity contribution in [2.75, 3.05) is 0 Å². The fourth-order valence-corrected chi connectivity index (χ4v) is 2.55. The number of aryl methyl sites for hydroxylation is 2. The topological polar surface area (TPSA) is 123 Å². The molecule has 0 radical (unpaired) electrons. The Labute approximate surface area is 155 Å². The van der Waals surface area contributed by atoms with Crippen LogP contribution in [0.15, 0.2) is 40.9 Å². The molecule has 0 unspecified atom stereocenters. The van der Waals surface area contributed by atoms with E-state index < -0.39 is 5.97 Å². The summed E-state index contributed by atoms with van der Waals surface area (Å²) >= 11 is 0. The summed E-state index contributed by atoms with van der Waals surface area (Å²) in [5, 5.41) is 18.9. The molecular formula is C18H19N5O4. The molecule has 0 spiro atoms. The van der Waals surface area contributed by atoms with E-state index in [9.17, 15) is 9.59 Å². The predicted molar refractivity (Wildman–Crippen MR) is 94.5 cm³/mol. The second kappa shape index (κ2) is 8.26. The molecule has 3 aromatic rings. The van der Waals surface area contributed by atoms with E-state index in [1.807, 2.05) is 37.3 Å². The van der Waals surface area contributed by atoms with Gasteiger partial charge in [0.1, 0.15) is 12.2 Å². The summed E-state index contributed by atoms with van der Waals surface area (Å²) in [6.07, 6.45) is 2.08. The molecule has 1 amide bonds. The van der Waals surface area contributed by atoms with Crippen LogP contribution in [0.3, 0.4) is 0 Å². The molecule has 0 aliphatic rings. The maximum absolute atomic E-state index is 12.0. The smallest absolute Gasteiger partial charge is 0.325 e. The van der Waals surface area contributed by atoms with Gasteiger partial charge in [-0.1, -0.05) is 35.5 Å². The van der Waals surface area contributed by atoms with E-state index in [0.717, 1.165) is 11.3 Å². The molecule has 2 heterocycles. The number of oxazole rings is 1. The molecule has 0 saturated heterocycles. The zero-order chi connectivity index (χ0) is 19.2. The molecule has 0 saturated carbocycles. The quantitative estimate of drug-likeness (QED) is 0.618. The fourth-order valence-electron chi connectivity index (χ4n) is 2.55. The Hall–Kier alpha value is -3.49. The lowest BCUT2D eigenvalue weighted by molar-refractivity contribution is -0.138. The van der Waals surface area contributed by atoms with Crippen LogP contribution in [-0.4, -0.2) is 37.0 Å². The first-order valence-corrected chi connectivity index (χ1v) is 8.40. The monoisotopic (exact) mass is 369 g/mol. The van der Waals surface area contributed by atoms with E-state index >= 15 is 0 Å². The average molecular weight is 369 g/mol. The van der Waals surface area contributed by atoms with Gasteiger partial charge in [-0.05, 0) is 6.92 Å². The van der Waals surface area contributed by atoms with Crippen LogP contribution in [-0.2, 0) is 29.1 Å². The lowest BCUT2D eigenvalue weighted by atomic mass is 10.1. The van der Waals surface area contributed by atoms with Crippen LogP contribution in [0.25, 0.3) is 11.3 Å². The normalized spacial score (nSPS) is 10.7. The van der Waals surface area contributed by atoms with Crippen molar-refractivity contribution >= 4 is 11.9 Å². The van der Waals surface area contributed by atoms with Crippen LogP contribution >= 0.6 is 0 Å². The van der Waals surface area contributed by atoms with Gasteiger partial charge in [0, 0.05) is 18.4 Å². The van der Waals surface area contributed by atoms with Crippen molar-refractivity contribution in [3.8, 4) is 11.3 Å². The third kappa shape index (κ3) is 5.00. The lowest BCUT2D eigenvalue weighted by Gasteiger charge is -2.01. The number of aliphatic carboxylic acids is 1. The highest BCUT2D eigenvalue weighted by Gasteiger charge is 2.13. The number of nitrogens with one attached hydrogen (secondary N) is 1. The number of rotatable bonds is 8. The Morgan fingerprint density at radius 3 is 2.78 bits per heavy atom. The molecular weight excluding hydrogens is 350 g/mol. The summed E-state index contributed by atoms with van der Waals surface area (Å²) in [5.41, 5.74) is 2.22. The summed E-state index contributed by atoms with van der Waals surface area (Å²) in [6, 6.07) is 9.68. The van der Waals surface area contributed by atoms with Gasteiger partial charge in [-0.2, -0.15) is 0 Å². The third-order valence-corrected chi connectivity index (χ3v) is 3.79. The van der Waals surface area contributed by atoms with Crippen LogP contribution in [0.1, 0.15) is 23.7 Å². The number of benzene rings is 1. The van der Waals surface area contributed by atoms with Gasteiger partial charge >= 0.3 is 5.97 Å². The first kappa shape index (κ1) is 18.3. The molecule has 2 N–H and O–H groups in total. The molecule has 0 bridgehead atoms. The van der Waals surface area contributed by atoms with Crippen molar-refractivity contribution in [3.63, 3.8) is 0 Å². The molecule has 3 rings (SSSR count). The SMILES string of the molecule is Cc1nc(CCC(=O)NCc2cn(CC(=O)O)nn2)oc1-c1ccccc1. The van der Waals surface area contributed by atoms with Gasteiger partial charge in [-0.3, -0.25) is 9.59 Å². The van der Waals surface area contributed by atoms with Crippen molar-refractivity contribution in [3.05, 3.63) is 53.8 Å². The fraction of sp³-hybridized carbons (Fsp3) is 0.278. The zero-order valence-electron chi connectivity index (χ0n) is 14.8. The number of hydrogen-bond donors (Lipinski definition) is 2. The van der Waals surface area contributed by atoms with E-state index in [2.05, 4.69) is 20.6 Å². The Kier molecular flexibility index (Phi) is 5.60. The number of hydrogen-bond acceptors (Lipinski definition) is 6. The highest BCUT2D eigenvalue weighted by atomic mass is 16.4. The minimum absolute atomic E-state index is 0.179. The standard InChI is InChI=1S/C18H19N5O4/c1-12-18(13-5-3-2-4-6-13)27-16(20-12)8-7-15(24)19-9-14-10-23(22-21-14)11-17(25)26/h2-6,10H,7-9,11H2,1H3,(H,19,24)(H,25,26). The summed E-state index contributed by atoms with van der Waals surface area (Å²) in [5.74, 6) is 0.0291. The van der Waals surface area contributed by atoms with E-state index in [1.165, 1.54) is 10.9 Å². The van der Waals surface area contributed by atoms with Gasteiger partial charge in [0.25, 0.3) is 0 Å². The summed E-state index contributed by atoms with van der Waals surface area (Å²) in [4.78, 5) is 27.0. The molecule has 0 aliphatic heterocycles. The summed E-state index contributed by atoms with van der Waals surface area (Å²) < 4.78 is 6.98. The van der Waals surface area contributed by atoms with E-state index in [1.54, 1.807) is 0 Å². The highest BCUT2D eigenvalue weighted by Crippen LogP contribution is 2.24. The molecule has 9 nitrogen and oxygen atoms in total. The molecule has 9 heteroatoms. The van der Waals surface area contributed by atoms with Gasteiger partial charge in [-0.25, -0.2) is 9.67 Å². The van der Waals surface area contributed by atoms with Crippen molar-refractivity contribution < 1.29 is 19.1 Å². The number of aromatic nitrogens is 4. The van der Waals surface area contributed by atoms with Gasteiger partial charge in [0.05, 0.1) is 18.4 Å². The Morgan fingerprint density at radius 1 is 1.26 bits per heavy atom.